The summed E-state index contributed by atoms with van der Waals surface area (Å²) in [6, 6.07) is 4.04. The van der Waals surface area contributed by atoms with Gasteiger partial charge in [0, 0.05) is 20.1 Å². The van der Waals surface area contributed by atoms with Gasteiger partial charge in [0.05, 0.1) is 11.2 Å². The van der Waals surface area contributed by atoms with Gasteiger partial charge in [-0.2, -0.15) is 0 Å². The predicted molar refractivity (Wildman–Crippen MR) is 105 cm³/mol. The maximum atomic E-state index is 13.1. The number of carbonyl (C=O) groups excluding carboxylic acids is 1. The van der Waals surface area contributed by atoms with Gasteiger partial charge in [0.15, 0.2) is 0 Å². The number of rotatable bonds is 6. The van der Waals surface area contributed by atoms with Crippen LogP contribution in [-0.2, 0) is 0 Å². The fourth-order valence-electron chi connectivity index (χ4n) is 5.37. The first-order valence-corrected chi connectivity index (χ1v) is 10.7. The van der Waals surface area contributed by atoms with Gasteiger partial charge >= 0.3 is 0 Å². The van der Waals surface area contributed by atoms with Gasteiger partial charge in [-0.05, 0) is 67.7 Å². The van der Waals surface area contributed by atoms with Crippen molar-refractivity contribution in [3.05, 3.63) is 17.7 Å². The molecule has 4 aliphatic rings. The molecule has 142 valence electrons. The van der Waals surface area contributed by atoms with Crippen molar-refractivity contribution in [2.75, 3.05) is 24.7 Å². The standard InChI is InChI=1S/C20H29N3O2S/c1-4-7-26-19-14(5-6-16(21-19)23(2)3)18(24)22-17-13-8-12-9-20(25,10-13)11-15(12)17/h5-6,12-13,15,17,25H,4,7-11H2,1-3H3,(H,22,24)/t12?,13-,15-,17-,20-/m1/s1. The molecule has 5 nitrogen and oxygen atoms in total. The van der Waals surface area contributed by atoms with Gasteiger partial charge in [0.1, 0.15) is 10.8 Å². The summed E-state index contributed by atoms with van der Waals surface area (Å²) in [6.45, 7) is 2.14. The Labute approximate surface area is 159 Å². The summed E-state index contributed by atoms with van der Waals surface area (Å²) in [5.41, 5.74) is 0.237. The summed E-state index contributed by atoms with van der Waals surface area (Å²) < 4.78 is 0. The van der Waals surface area contributed by atoms with E-state index in [9.17, 15) is 9.90 Å². The summed E-state index contributed by atoms with van der Waals surface area (Å²) in [5, 5.41) is 14.7. The topological polar surface area (TPSA) is 65.5 Å². The largest absolute Gasteiger partial charge is 0.390 e. The lowest BCUT2D eigenvalue weighted by Crippen LogP contribution is -2.48. The molecule has 4 bridgehead atoms. The van der Waals surface area contributed by atoms with Gasteiger partial charge in [0.25, 0.3) is 5.91 Å². The summed E-state index contributed by atoms with van der Waals surface area (Å²) in [4.78, 5) is 19.7. The Morgan fingerprint density at radius 2 is 2.12 bits per heavy atom. The molecule has 6 heteroatoms. The number of amides is 1. The Kier molecular flexibility index (Phi) is 4.68. The summed E-state index contributed by atoms with van der Waals surface area (Å²) in [5.74, 6) is 3.29. The molecule has 5 atom stereocenters. The highest BCUT2D eigenvalue weighted by atomic mass is 32.2. The number of pyridine rings is 1. The van der Waals surface area contributed by atoms with Crippen LogP contribution in [0, 0.1) is 17.8 Å². The summed E-state index contributed by atoms with van der Waals surface area (Å²) in [7, 11) is 3.93. The Morgan fingerprint density at radius 3 is 2.81 bits per heavy atom. The zero-order valence-corrected chi connectivity index (χ0v) is 16.7. The van der Waals surface area contributed by atoms with Gasteiger partial charge in [-0.25, -0.2) is 4.98 Å². The quantitative estimate of drug-likeness (QED) is 0.749. The Bertz CT molecular complexity index is 706. The Hall–Kier alpha value is -1.27. The van der Waals surface area contributed by atoms with Crippen molar-refractivity contribution in [3.8, 4) is 0 Å². The molecule has 0 aromatic carbocycles. The van der Waals surface area contributed by atoms with Crippen LogP contribution in [0.4, 0.5) is 5.82 Å². The zero-order valence-electron chi connectivity index (χ0n) is 15.9. The molecule has 0 aliphatic heterocycles. The Balaban J connectivity index is 1.53. The third-order valence-electron chi connectivity index (χ3n) is 6.37. The van der Waals surface area contributed by atoms with E-state index >= 15 is 0 Å². The number of carbonyl (C=O) groups is 1. The van der Waals surface area contributed by atoms with Crippen LogP contribution in [-0.4, -0.2) is 47.5 Å². The number of aliphatic hydroxyl groups is 1. The van der Waals surface area contributed by atoms with Gasteiger partial charge in [-0.1, -0.05) is 6.92 Å². The molecule has 26 heavy (non-hydrogen) atoms. The molecule has 1 unspecified atom stereocenters. The number of hydrogen-bond donors (Lipinski definition) is 2. The molecule has 1 aromatic heterocycles. The minimum atomic E-state index is -0.448. The number of anilines is 1. The molecule has 1 amide bonds. The van der Waals surface area contributed by atoms with Crippen molar-refractivity contribution in [1.82, 2.24) is 10.3 Å². The lowest BCUT2D eigenvalue weighted by molar-refractivity contribution is -0.0192. The van der Waals surface area contributed by atoms with Crippen LogP contribution in [0.3, 0.4) is 0 Å². The second-order valence-electron chi connectivity index (χ2n) is 8.52. The zero-order chi connectivity index (χ0) is 18.5. The van der Waals surface area contributed by atoms with Crippen molar-refractivity contribution in [2.24, 2.45) is 17.8 Å². The molecule has 4 saturated carbocycles. The highest BCUT2D eigenvalue weighted by Gasteiger charge is 2.60. The normalized spacial score (nSPS) is 34.3. The molecule has 0 radical (unpaired) electrons. The average Bonchev–Trinajstić information content (AvgIpc) is 2.97. The van der Waals surface area contributed by atoms with Crippen molar-refractivity contribution < 1.29 is 9.90 Å². The highest BCUT2D eigenvalue weighted by molar-refractivity contribution is 7.99. The molecule has 4 aliphatic carbocycles. The van der Waals surface area contributed by atoms with Crippen molar-refractivity contribution in [1.29, 1.82) is 0 Å². The van der Waals surface area contributed by atoms with Gasteiger partial charge in [-0.15, -0.1) is 11.8 Å². The smallest absolute Gasteiger partial charge is 0.254 e. The number of nitrogens with one attached hydrogen (secondary N) is 1. The van der Waals surface area contributed by atoms with Crippen LogP contribution in [0.15, 0.2) is 17.2 Å². The Morgan fingerprint density at radius 1 is 1.35 bits per heavy atom. The first kappa shape index (κ1) is 18.1. The first-order valence-electron chi connectivity index (χ1n) is 9.74. The molecule has 1 heterocycles. The van der Waals surface area contributed by atoms with E-state index in [2.05, 4.69) is 12.2 Å². The predicted octanol–water partition coefficient (Wildman–Crippen LogP) is 2.93. The molecule has 1 aromatic rings. The molecule has 2 N–H and O–H groups in total. The maximum Gasteiger partial charge on any atom is 0.254 e. The molecule has 4 fully saturated rings. The first-order chi connectivity index (χ1) is 12.4. The second-order valence-corrected chi connectivity index (χ2v) is 9.60. The maximum absolute atomic E-state index is 13.1. The van der Waals surface area contributed by atoms with Gasteiger partial charge < -0.3 is 15.3 Å². The van der Waals surface area contributed by atoms with Crippen LogP contribution in [0.25, 0.3) is 0 Å². The fraction of sp³-hybridized carbons (Fsp3) is 0.700. The average molecular weight is 376 g/mol. The number of thioether (sulfide) groups is 1. The van der Waals surface area contributed by atoms with Crippen LogP contribution < -0.4 is 10.2 Å². The third kappa shape index (κ3) is 3.11. The van der Waals surface area contributed by atoms with Crippen molar-refractivity contribution in [3.63, 3.8) is 0 Å². The van der Waals surface area contributed by atoms with E-state index in [-0.39, 0.29) is 11.9 Å². The van der Waals surface area contributed by atoms with E-state index in [0.717, 1.165) is 48.7 Å². The minimum absolute atomic E-state index is 0.00519. The van der Waals surface area contributed by atoms with E-state index in [1.165, 1.54) is 0 Å². The number of hydrogen-bond acceptors (Lipinski definition) is 5. The summed E-state index contributed by atoms with van der Waals surface area (Å²) in [6.07, 6.45) is 4.84. The molecular formula is C20H29N3O2S. The van der Waals surface area contributed by atoms with E-state index in [1.807, 2.05) is 31.1 Å². The van der Waals surface area contributed by atoms with Gasteiger partial charge in [0.2, 0.25) is 0 Å². The number of aromatic nitrogens is 1. The van der Waals surface area contributed by atoms with Crippen LogP contribution in [0.1, 0.15) is 49.4 Å². The van der Waals surface area contributed by atoms with Crippen LogP contribution >= 0.6 is 11.8 Å². The third-order valence-corrected chi connectivity index (χ3v) is 7.57. The molecular weight excluding hydrogens is 346 g/mol. The van der Waals surface area contributed by atoms with E-state index in [0.29, 0.717) is 23.3 Å². The highest BCUT2D eigenvalue weighted by Crippen LogP contribution is 2.59. The molecule has 5 rings (SSSR count). The van der Waals surface area contributed by atoms with Crippen LogP contribution in [0.2, 0.25) is 0 Å². The molecule has 0 spiro atoms. The van der Waals surface area contributed by atoms with E-state index < -0.39 is 5.60 Å². The number of nitrogens with zero attached hydrogens (tertiary/aromatic N) is 2. The fourth-order valence-corrected chi connectivity index (χ4v) is 6.24. The van der Waals surface area contributed by atoms with Crippen molar-refractivity contribution in [2.45, 2.75) is 55.7 Å². The van der Waals surface area contributed by atoms with Crippen LogP contribution in [0.5, 0.6) is 0 Å². The SMILES string of the molecule is CCCSc1nc(N(C)C)ccc1C(=O)N[C@@H]1[C@@H]2CC3C[C@@](O)(C2)C[C@H]31. The van der Waals surface area contributed by atoms with E-state index in [4.69, 9.17) is 4.98 Å². The monoisotopic (exact) mass is 375 g/mol. The summed E-state index contributed by atoms with van der Waals surface area (Å²) >= 11 is 1.66. The van der Waals surface area contributed by atoms with Gasteiger partial charge in [-0.3, -0.25) is 4.79 Å². The molecule has 0 saturated heterocycles. The lowest BCUT2D eigenvalue weighted by Gasteiger charge is -2.38. The van der Waals surface area contributed by atoms with E-state index in [1.54, 1.807) is 11.8 Å². The van der Waals surface area contributed by atoms with Crippen molar-refractivity contribution >= 4 is 23.5 Å². The minimum Gasteiger partial charge on any atom is -0.390 e. The lowest BCUT2D eigenvalue weighted by atomic mass is 9.76. The second kappa shape index (κ2) is 6.71.